The molecule has 0 aromatic heterocycles. The molecular formula is C14H16Cl2N2O2. The maximum absolute atomic E-state index is 12.5. The molecule has 1 saturated heterocycles. The normalized spacial score (nSPS) is 15.9. The van der Waals surface area contributed by atoms with Crippen molar-refractivity contribution < 1.29 is 9.59 Å². The molecule has 4 nitrogen and oxygen atoms in total. The summed E-state index contributed by atoms with van der Waals surface area (Å²) in [5.41, 5.74) is 0.412. The fraction of sp³-hybridized carbons (Fsp3) is 0.429. The molecule has 6 heteroatoms. The number of hydrogen-bond acceptors (Lipinski definition) is 2. The van der Waals surface area contributed by atoms with Gasteiger partial charge in [-0.3, -0.25) is 9.59 Å². The van der Waals surface area contributed by atoms with Crippen molar-refractivity contribution in [2.45, 2.75) is 13.3 Å². The molecule has 0 unspecified atom stereocenters. The molecule has 2 amide bonds. The van der Waals surface area contributed by atoms with Gasteiger partial charge >= 0.3 is 0 Å². The highest BCUT2D eigenvalue weighted by Crippen LogP contribution is 2.26. The SMILES string of the molecule is CC(=O)N1CCCN(C(=O)c2cccc(Cl)c2Cl)CC1. The zero-order valence-corrected chi connectivity index (χ0v) is 12.7. The molecule has 1 aromatic carbocycles. The standard InChI is InChI=1S/C14H16Cl2N2O2/c1-10(19)17-6-3-7-18(9-8-17)14(20)11-4-2-5-12(15)13(11)16/h2,4-5H,3,6-9H2,1H3. The number of benzene rings is 1. The van der Waals surface area contributed by atoms with Crippen LogP contribution in [-0.2, 0) is 4.79 Å². The molecule has 0 spiro atoms. The Morgan fingerprint density at radius 2 is 1.70 bits per heavy atom. The minimum atomic E-state index is -0.136. The summed E-state index contributed by atoms with van der Waals surface area (Å²) in [6, 6.07) is 5.03. The molecular weight excluding hydrogens is 299 g/mol. The number of amides is 2. The summed E-state index contributed by atoms with van der Waals surface area (Å²) in [4.78, 5) is 27.3. The lowest BCUT2D eigenvalue weighted by Crippen LogP contribution is -2.36. The van der Waals surface area contributed by atoms with Crippen LogP contribution in [0, 0.1) is 0 Å². The number of nitrogens with zero attached hydrogens (tertiary/aromatic N) is 2. The van der Waals surface area contributed by atoms with E-state index in [-0.39, 0.29) is 16.8 Å². The quantitative estimate of drug-likeness (QED) is 0.799. The molecule has 2 rings (SSSR count). The van der Waals surface area contributed by atoms with Crippen LogP contribution in [-0.4, -0.2) is 47.8 Å². The van der Waals surface area contributed by atoms with E-state index in [4.69, 9.17) is 23.2 Å². The highest BCUT2D eigenvalue weighted by molar-refractivity contribution is 6.43. The predicted octanol–water partition coefficient (Wildman–Crippen LogP) is 2.69. The van der Waals surface area contributed by atoms with Gasteiger partial charge in [0.15, 0.2) is 0 Å². The van der Waals surface area contributed by atoms with Crippen LogP contribution in [0.15, 0.2) is 18.2 Å². The van der Waals surface area contributed by atoms with Crippen molar-refractivity contribution in [2.75, 3.05) is 26.2 Å². The Bertz CT molecular complexity index is 534. The molecule has 20 heavy (non-hydrogen) atoms. The Kier molecular flexibility index (Phi) is 4.89. The van der Waals surface area contributed by atoms with Gasteiger partial charge in [-0.15, -0.1) is 0 Å². The minimum Gasteiger partial charge on any atom is -0.341 e. The lowest BCUT2D eigenvalue weighted by atomic mass is 10.2. The van der Waals surface area contributed by atoms with Gasteiger partial charge in [-0.25, -0.2) is 0 Å². The number of carbonyl (C=O) groups excluding carboxylic acids is 2. The van der Waals surface area contributed by atoms with Crippen LogP contribution < -0.4 is 0 Å². The van der Waals surface area contributed by atoms with E-state index in [0.717, 1.165) is 6.42 Å². The Hall–Kier alpha value is -1.26. The summed E-state index contributed by atoms with van der Waals surface area (Å²) in [5.74, 6) is -0.0945. The average molecular weight is 315 g/mol. The van der Waals surface area contributed by atoms with E-state index >= 15 is 0 Å². The molecule has 108 valence electrons. The van der Waals surface area contributed by atoms with Gasteiger partial charge in [0, 0.05) is 33.1 Å². The van der Waals surface area contributed by atoms with Gasteiger partial charge in [0.1, 0.15) is 0 Å². The highest BCUT2D eigenvalue weighted by atomic mass is 35.5. The van der Waals surface area contributed by atoms with Crippen molar-refractivity contribution in [3.63, 3.8) is 0 Å². The average Bonchev–Trinajstić information content (AvgIpc) is 2.67. The van der Waals surface area contributed by atoms with E-state index in [1.165, 1.54) is 0 Å². The largest absolute Gasteiger partial charge is 0.341 e. The number of halogens is 2. The monoisotopic (exact) mass is 314 g/mol. The molecule has 0 atom stereocenters. The van der Waals surface area contributed by atoms with Crippen LogP contribution in [0.3, 0.4) is 0 Å². The fourth-order valence-electron chi connectivity index (χ4n) is 2.27. The maximum atomic E-state index is 12.5. The number of carbonyl (C=O) groups is 2. The molecule has 1 aromatic rings. The molecule has 0 bridgehead atoms. The number of hydrogen-bond donors (Lipinski definition) is 0. The Labute approximate surface area is 128 Å². The van der Waals surface area contributed by atoms with Crippen molar-refractivity contribution >= 4 is 35.0 Å². The Morgan fingerprint density at radius 3 is 2.40 bits per heavy atom. The zero-order chi connectivity index (χ0) is 14.7. The third-order valence-electron chi connectivity index (χ3n) is 3.41. The van der Waals surface area contributed by atoms with Crippen molar-refractivity contribution in [1.29, 1.82) is 0 Å². The van der Waals surface area contributed by atoms with E-state index in [0.29, 0.717) is 36.8 Å². The van der Waals surface area contributed by atoms with Crippen molar-refractivity contribution in [3.8, 4) is 0 Å². The smallest absolute Gasteiger partial charge is 0.255 e. The van der Waals surface area contributed by atoms with Crippen molar-refractivity contribution in [1.82, 2.24) is 9.80 Å². The van der Waals surface area contributed by atoms with Crippen LogP contribution >= 0.6 is 23.2 Å². The molecule has 1 heterocycles. The first kappa shape index (κ1) is 15.1. The first-order valence-electron chi connectivity index (χ1n) is 6.49. The molecule has 1 aliphatic heterocycles. The van der Waals surface area contributed by atoms with E-state index in [2.05, 4.69) is 0 Å². The van der Waals surface area contributed by atoms with Crippen LogP contribution in [0.2, 0.25) is 10.0 Å². The van der Waals surface area contributed by atoms with E-state index in [9.17, 15) is 9.59 Å². The second kappa shape index (κ2) is 6.46. The van der Waals surface area contributed by atoms with E-state index in [1.807, 2.05) is 0 Å². The topological polar surface area (TPSA) is 40.6 Å². The second-order valence-corrected chi connectivity index (χ2v) is 5.54. The lowest BCUT2D eigenvalue weighted by Gasteiger charge is -2.22. The van der Waals surface area contributed by atoms with Gasteiger partial charge in [0.2, 0.25) is 5.91 Å². The molecule has 0 radical (unpaired) electrons. The highest BCUT2D eigenvalue weighted by Gasteiger charge is 2.23. The van der Waals surface area contributed by atoms with Gasteiger partial charge in [0.05, 0.1) is 15.6 Å². The summed E-state index contributed by atoms with van der Waals surface area (Å²) < 4.78 is 0. The van der Waals surface area contributed by atoms with Gasteiger partial charge in [-0.1, -0.05) is 29.3 Å². The third-order valence-corrected chi connectivity index (χ3v) is 4.23. The fourth-order valence-corrected chi connectivity index (χ4v) is 2.66. The molecule has 1 fully saturated rings. The van der Waals surface area contributed by atoms with Gasteiger partial charge in [-0.05, 0) is 18.6 Å². The summed E-state index contributed by atoms with van der Waals surface area (Å²) in [6.07, 6.45) is 0.767. The van der Waals surface area contributed by atoms with Gasteiger partial charge in [0.25, 0.3) is 5.91 Å². The Morgan fingerprint density at radius 1 is 1.05 bits per heavy atom. The van der Waals surface area contributed by atoms with Crippen LogP contribution in [0.5, 0.6) is 0 Å². The molecule has 0 N–H and O–H groups in total. The van der Waals surface area contributed by atoms with Gasteiger partial charge < -0.3 is 9.80 Å². The molecule has 0 aliphatic carbocycles. The Balaban J connectivity index is 2.13. The number of rotatable bonds is 1. The molecule has 0 saturated carbocycles. The summed E-state index contributed by atoms with van der Waals surface area (Å²) in [7, 11) is 0. The first-order valence-corrected chi connectivity index (χ1v) is 7.25. The summed E-state index contributed by atoms with van der Waals surface area (Å²) in [6.45, 7) is 3.92. The second-order valence-electron chi connectivity index (χ2n) is 4.75. The minimum absolute atomic E-state index is 0.0417. The maximum Gasteiger partial charge on any atom is 0.255 e. The zero-order valence-electron chi connectivity index (χ0n) is 11.2. The van der Waals surface area contributed by atoms with Crippen LogP contribution in [0.1, 0.15) is 23.7 Å². The van der Waals surface area contributed by atoms with E-state index in [1.54, 1.807) is 34.9 Å². The lowest BCUT2D eigenvalue weighted by molar-refractivity contribution is -0.128. The summed E-state index contributed by atoms with van der Waals surface area (Å²) >= 11 is 12.0. The van der Waals surface area contributed by atoms with Crippen LogP contribution in [0.4, 0.5) is 0 Å². The van der Waals surface area contributed by atoms with Crippen molar-refractivity contribution in [3.05, 3.63) is 33.8 Å². The predicted molar refractivity (Wildman–Crippen MR) is 79.2 cm³/mol. The summed E-state index contributed by atoms with van der Waals surface area (Å²) in [5, 5.41) is 0.657. The molecule has 1 aliphatic rings. The van der Waals surface area contributed by atoms with E-state index < -0.39 is 0 Å². The van der Waals surface area contributed by atoms with Crippen LogP contribution in [0.25, 0.3) is 0 Å². The third kappa shape index (κ3) is 3.25. The van der Waals surface area contributed by atoms with Gasteiger partial charge in [-0.2, -0.15) is 0 Å². The van der Waals surface area contributed by atoms with Crippen molar-refractivity contribution in [2.24, 2.45) is 0 Å². The first-order chi connectivity index (χ1) is 9.50.